The van der Waals surface area contributed by atoms with Crippen molar-refractivity contribution in [3.8, 4) is 0 Å². The van der Waals surface area contributed by atoms with Crippen LogP contribution >= 0.6 is 0 Å². The van der Waals surface area contributed by atoms with Crippen molar-refractivity contribution < 1.29 is 17.6 Å². The van der Waals surface area contributed by atoms with E-state index < -0.39 is 10.0 Å². The van der Waals surface area contributed by atoms with Gasteiger partial charge in [0, 0.05) is 32.2 Å². The minimum Gasteiger partial charge on any atom is -0.335 e. The number of halogens is 1. The summed E-state index contributed by atoms with van der Waals surface area (Å²) in [7, 11) is -1.36. The van der Waals surface area contributed by atoms with Crippen LogP contribution in [0, 0.1) is 5.82 Å². The first-order valence-electron chi connectivity index (χ1n) is 10.9. The van der Waals surface area contributed by atoms with E-state index in [4.69, 9.17) is 0 Å². The number of carbonyl (C=O) groups excluding carboxylic acids is 1. The number of urea groups is 1. The first kappa shape index (κ1) is 23.0. The molecule has 0 unspecified atom stereocenters. The van der Waals surface area contributed by atoms with E-state index in [0.717, 1.165) is 31.2 Å². The van der Waals surface area contributed by atoms with Crippen molar-refractivity contribution in [1.82, 2.24) is 14.5 Å². The molecular weight excluding hydrogens is 405 g/mol. The summed E-state index contributed by atoms with van der Waals surface area (Å²) in [6.07, 6.45) is 4.84. The van der Waals surface area contributed by atoms with E-state index in [1.54, 1.807) is 31.0 Å². The van der Waals surface area contributed by atoms with Gasteiger partial charge < -0.3 is 10.2 Å². The zero-order valence-electron chi connectivity index (χ0n) is 18.2. The van der Waals surface area contributed by atoms with E-state index in [0.29, 0.717) is 25.9 Å². The summed E-state index contributed by atoms with van der Waals surface area (Å²) in [5, 5.41) is 3.15. The third kappa shape index (κ3) is 5.14. The Bertz CT molecular complexity index is 845. The second-order valence-electron chi connectivity index (χ2n) is 8.94. The van der Waals surface area contributed by atoms with Crippen molar-refractivity contribution in [2.75, 3.05) is 25.9 Å². The standard InChI is InChI=1S/C22H34FN3O3S/c1-4-30(28,29)26-14-10-20(11-15-26)25(3)21(27)24-19-8-12-22(2,13-9-19)17-6-5-7-18(23)16-17/h5-7,16,19-20H,4,8-15H2,1-3H3,(H,24,27)/t19-,22-. The third-order valence-electron chi connectivity index (χ3n) is 6.99. The molecule has 0 radical (unpaired) electrons. The predicted molar refractivity (Wildman–Crippen MR) is 116 cm³/mol. The van der Waals surface area contributed by atoms with Gasteiger partial charge in [-0.1, -0.05) is 19.1 Å². The number of hydrogen-bond donors (Lipinski definition) is 1. The summed E-state index contributed by atoms with van der Waals surface area (Å²) in [6.45, 7) is 4.76. The number of piperidine rings is 1. The lowest BCUT2D eigenvalue weighted by Crippen LogP contribution is -2.52. The summed E-state index contributed by atoms with van der Waals surface area (Å²) in [6, 6.07) is 6.91. The SMILES string of the molecule is CCS(=O)(=O)N1CCC(N(C)C(=O)N[C@H]2CC[C@](C)(c3cccc(F)c3)CC2)CC1. The zero-order valence-corrected chi connectivity index (χ0v) is 19.0. The molecule has 168 valence electrons. The van der Waals surface area contributed by atoms with Crippen LogP contribution in [0.2, 0.25) is 0 Å². The van der Waals surface area contributed by atoms with Crippen LogP contribution in [-0.2, 0) is 15.4 Å². The maximum absolute atomic E-state index is 13.6. The highest BCUT2D eigenvalue weighted by atomic mass is 32.2. The number of benzene rings is 1. The minimum absolute atomic E-state index is 0.0504. The highest BCUT2D eigenvalue weighted by Crippen LogP contribution is 2.39. The Morgan fingerprint density at radius 3 is 2.43 bits per heavy atom. The number of rotatable bonds is 5. The van der Waals surface area contributed by atoms with Gasteiger partial charge >= 0.3 is 6.03 Å². The first-order valence-corrected chi connectivity index (χ1v) is 12.5. The Balaban J connectivity index is 1.49. The van der Waals surface area contributed by atoms with Gasteiger partial charge in [-0.05, 0) is 68.6 Å². The van der Waals surface area contributed by atoms with Crippen LogP contribution in [0.25, 0.3) is 0 Å². The fourth-order valence-corrected chi connectivity index (χ4v) is 5.82. The molecule has 1 N–H and O–H groups in total. The highest BCUT2D eigenvalue weighted by Gasteiger charge is 2.35. The lowest BCUT2D eigenvalue weighted by Gasteiger charge is -2.40. The van der Waals surface area contributed by atoms with Gasteiger partial charge in [-0.15, -0.1) is 0 Å². The van der Waals surface area contributed by atoms with Gasteiger partial charge in [0.1, 0.15) is 5.82 Å². The van der Waals surface area contributed by atoms with E-state index in [-0.39, 0.29) is 35.1 Å². The number of nitrogens with zero attached hydrogens (tertiary/aromatic N) is 2. The molecule has 0 aromatic heterocycles. The van der Waals surface area contributed by atoms with E-state index >= 15 is 0 Å². The van der Waals surface area contributed by atoms with Gasteiger partial charge in [0.15, 0.2) is 0 Å². The van der Waals surface area contributed by atoms with Crippen molar-refractivity contribution in [3.63, 3.8) is 0 Å². The number of sulfonamides is 1. The molecule has 8 heteroatoms. The Morgan fingerprint density at radius 1 is 1.23 bits per heavy atom. The highest BCUT2D eigenvalue weighted by molar-refractivity contribution is 7.89. The van der Waals surface area contributed by atoms with Gasteiger partial charge in [-0.25, -0.2) is 21.9 Å². The Labute approximate surface area is 179 Å². The van der Waals surface area contributed by atoms with Gasteiger partial charge in [-0.3, -0.25) is 0 Å². The molecule has 1 saturated heterocycles. The van der Waals surface area contributed by atoms with E-state index in [2.05, 4.69) is 12.2 Å². The lowest BCUT2D eigenvalue weighted by molar-refractivity contribution is 0.155. The molecule has 1 aromatic carbocycles. The summed E-state index contributed by atoms with van der Waals surface area (Å²) in [5.41, 5.74) is 0.963. The van der Waals surface area contributed by atoms with Crippen LogP contribution < -0.4 is 5.32 Å². The number of nitrogens with one attached hydrogen (secondary N) is 1. The maximum Gasteiger partial charge on any atom is 0.317 e. The molecule has 6 nitrogen and oxygen atoms in total. The summed E-state index contributed by atoms with van der Waals surface area (Å²) in [5.74, 6) is -0.0897. The monoisotopic (exact) mass is 439 g/mol. The van der Waals surface area contributed by atoms with Crippen LogP contribution in [0.4, 0.5) is 9.18 Å². The first-order chi connectivity index (χ1) is 14.1. The van der Waals surface area contributed by atoms with Crippen molar-refractivity contribution >= 4 is 16.1 Å². The molecular formula is C22H34FN3O3S. The Kier molecular flexibility index (Phi) is 7.07. The zero-order chi connectivity index (χ0) is 21.9. The van der Waals surface area contributed by atoms with Crippen LogP contribution in [-0.4, -0.2) is 61.6 Å². The largest absolute Gasteiger partial charge is 0.335 e. The molecule has 1 aromatic rings. The van der Waals surface area contributed by atoms with Crippen molar-refractivity contribution in [3.05, 3.63) is 35.6 Å². The van der Waals surface area contributed by atoms with Crippen molar-refractivity contribution in [2.24, 2.45) is 0 Å². The smallest absolute Gasteiger partial charge is 0.317 e. The van der Waals surface area contributed by atoms with Crippen LogP contribution in [0.5, 0.6) is 0 Å². The molecule has 1 heterocycles. The maximum atomic E-state index is 13.6. The van der Waals surface area contributed by atoms with Gasteiger partial charge in [0.2, 0.25) is 10.0 Å². The fourth-order valence-electron chi connectivity index (χ4n) is 4.68. The van der Waals surface area contributed by atoms with Crippen molar-refractivity contribution in [1.29, 1.82) is 0 Å². The van der Waals surface area contributed by atoms with E-state index in [9.17, 15) is 17.6 Å². The fraction of sp³-hybridized carbons (Fsp3) is 0.682. The molecule has 2 amide bonds. The van der Waals surface area contributed by atoms with E-state index in [1.165, 1.54) is 10.4 Å². The third-order valence-corrected chi connectivity index (χ3v) is 8.87. The van der Waals surface area contributed by atoms with E-state index in [1.807, 2.05) is 6.07 Å². The molecule has 0 atom stereocenters. The van der Waals surface area contributed by atoms with Crippen LogP contribution in [0.3, 0.4) is 0 Å². The summed E-state index contributed by atoms with van der Waals surface area (Å²) < 4.78 is 39.2. The van der Waals surface area contributed by atoms with Gasteiger partial charge in [0.25, 0.3) is 0 Å². The Hall–Kier alpha value is -1.67. The van der Waals surface area contributed by atoms with Crippen molar-refractivity contribution in [2.45, 2.75) is 69.9 Å². The quantitative estimate of drug-likeness (QED) is 0.764. The Morgan fingerprint density at radius 2 is 1.87 bits per heavy atom. The normalized spacial score (nSPS) is 26.3. The number of hydrogen-bond acceptors (Lipinski definition) is 3. The van der Waals surface area contributed by atoms with Crippen LogP contribution in [0.1, 0.15) is 57.9 Å². The molecule has 30 heavy (non-hydrogen) atoms. The molecule has 0 spiro atoms. The lowest BCUT2D eigenvalue weighted by atomic mass is 9.69. The molecule has 1 saturated carbocycles. The molecule has 1 aliphatic heterocycles. The second-order valence-corrected chi connectivity index (χ2v) is 11.2. The molecule has 0 bridgehead atoms. The van der Waals surface area contributed by atoms with Gasteiger partial charge in [0.05, 0.1) is 5.75 Å². The average Bonchev–Trinajstić information content (AvgIpc) is 2.75. The molecule has 3 rings (SSSR count). The minimum atomic E-state index is -3.16. The molecule has 2 aliphatic rings. The summed E-state index contributed by atoms with van der Waals surface area (Å²) >= 11 is 0. The predicted octanol–water partition coefficient (Wildman–Crippen LogP) is 3.48. The topological polar surface area (TPSA) is 69.7 Å². The molecule has 1 aliphatic carbocycles. The van der Waals surface area contributed by atoms with Crippen LogP contribution in [0.15, 0.2) is 24.3 Å². The van der Waals surface area contributed by atoms with Gasteiger partial charge in [-0.2, -0.15) is 0 Å². The number of carbonyl (C=O) groups is 1. The molecule has 2 fully saturated rings. The average molecular weight is 440 g/mol. The summed E-state index contributed by atoms with van der Waals surface area (Å²) in [4.78, 5) is 14.5. The second kappa shape index (κ2) is 9.22. The number of amides is 2.